The molecule has 4 aliphatic heterocycles. The van der Waals surface area contributed by atoms with Gasteiger partial charge in [-0.05, 0) is 56.5 Å². The molecule has 0 radical (unpaired) electrons. The first-order chi connectivity index (χ1) is 17.1. The molecule has 4 fully saturated rings. The van der Waals surface area contributed by atoms with Crippen LogP contribution in [0.3, 0.4) is 0 Å². The molecule has 4 heterocycles. The lowest BCUT2D eigenvalue weighted by Gasteiger charge is -2.66. The number of methoxy groups -OCH3 is 1. The molecule has 5 bridgehead atoms. The van der Waals surface area contributed by atoms with Gasteiger partial charge in [0.2, 0.25) is 0 Å². The Bertz CT molecular complexity index is 1250. The average molecular weight is 475 g/mol. The first kappa shape index (κ1) is 20.6. The van der Waals surface area contributed by atoms with E-state index < -0.39 is 17.4 Å². The van der Waals surface area contributed by atoms with E-state index in [0.717, 1.165) is 49.3 Å². The Labute approximate surface area is 204 Å². The fourth-order valence-corrected chi connectivity index (χ4v) is 8.95. The van der Waals surface area contributed by atoms with Gasteiger partial charge < -0.3 is 28.7 Å². The van der Waals surface area contributed by atoms with Gasteiger partial charge in [-0.1, -0.05) is 36.4 Å². The summed E-state index contributed by atoms with van der Waals surface area (Å²) in [6, 6.07) is 14.7. The number of hydrogen-bond donors (Lipinski definition) is 0. The minimum absolute atomic E-state index is 0.0582. The first-order valence-electron chi connectivity index (χ1n) is 12.8. The van der Waals surface area contributed by atoms with Crippen LogP contribution in [0, 0.1) is 5.92 Å². The zero-order valence-electron chi connectivity index (χ0n) is 20.2. The number of carbonyl (C=O) groups excluding carboxylic acids is 1. The maximum atomic E-state index is 14.2. The predicted molar refractivity (Wildman–Crippen MR) is 126 cm³/mol. The minimum atomic E-state index is -0.743. The van der Waals surface area contributed by atoms with E-state index >= 15 is 0 Å². The molecule has 2 aliphatic carbocycles. The molecule has 8 rings (SSSR count). The second kappa shape index (κ2) is 6.58. The van der Waals surface area contributed by atoms with E-state index in [9.17, 15) is 4.79 Å². The SMILES string of the molecule is COc1ccc2c3c1OCOC14CCC56O[C@H](C(=O)N1Cc1ccccc1)C4C35CCN(C)C6C2. The van der Waals surface area contributed by atoms with Crippen molar-refractivity contribution in [1.29, 1.82) is 0 Å². The van der Waals surface area contributed by atoms with E-state index in [1.807, 2.05) is 29.2 Å². The molecule has 5 unspecified atom stereocenters. The van der Waals surface area contributed by atoms with Crippen LogP contribution in [0.15, 0.2) is 42.5 Å². The van der Waals surface area contributed by atoms with Crippen molar-refractivity contribution in [2.24, 2.45) is 5.92 Å². The number of likely N-dealkylation sites (N-methyl/N-ethyl adjacent to an activating group) is 1. The van der Waals surface area contributed by atoms with Crippen LogP contribution in [0.25, 0.3) is 0 Å². The number of hydrogen-bond acceptors (Lipinski definition) is 6. The summed E-state index contributed by atoms with van der Waals surface area (Å²) in [7, 11) is 3.90. The van der Waals surface area contributed by atoms with Gasteiger partial charge in [-0.25, -0.2) is 0 Å². The number of ether oxygens (including phenoxy) is 4. The number of carbonyl (C=O) groups is 1. The van der Waals surface area contributed by atoms with E-state index in [1.165, 1.54) is 11.1 Å². The van der Waals surface area contributed by atoms with Crippen molar-refractivity contribution in [3.63, 3.8) is 0 Å². The normalized spacial score (nSPS) is 40.2. The molecule has 1 amide bonds. The van der Waals surface area contributed by atoms with Crippen LogP contribution in [0.2, 0.25) is 0 Å². The molecule has 182 valence electrons. The summed E-state index contributed by atoms with van der Waals surface area (Å²) in [6.45, 7) is 1.55. The Kier molecular flexibility index (Phi) is 3.87. The van der Waals surface area contributed by atoms with Crippen molar-refractivity contribution < 1.29 is 23.7 Å². The molecule has 0 aromatic heterocycles. The van der Waals surface area contributed by atoms with Crippen LogP contribution >= 0.6 is 0 Å². The maximum Gasteiger partial charge on any atom is 0.254 e. The van der Waals surface area contributed by atoms with Crippen molar-refractivity contribution in [3.05, 3.63) is 59.2 Å². The third-order valence-electron chi connectivity index (χ3n) is 10.1. The lowest BCUT2D eigenvalue weighted by Crippen LogP contribution is -2.76. The lowest BCUT2D eigenvalue weighted by molar-refractivity contribution is -0.258. The van der Waals surface area contributed by atoms with Gasteiger partial charge in [-0.3, -0.25) is 4.79 Å². The molecule has 7 nitrogen and oxygen atoms in total. The van der Waals surface area contributed by atoms with Gasteiger partial charge in [0, 0.05) is 23.6 Å². The number of benzene rings is 2. The molecule has 0 N–H and O–H groups in total. The van der Waals surface area contributed by atoms with E-state index in [4.69, 9.17) is 18.9 Å². The molecule has 1 spiro atoms. The third kappa shape index (κ3) is 2.15. The predicted octanol–water partition coefficient (Wildman–Crippen LogP) is 2.85. The Morgan fingerprint density at radius 1 is 1.11 bits per heavy atom. The van der Waals surface area contributed by atoms with Gasteiger partial charge in [-0.15, -0.1) is 0 Å². The lowest BCUT2D eigenvalue weighted by atomic mass is 9.45. The zero-order chi connectivity index (χ0) is 23.6. The third-order valence-corrected chi connectivity index (χ3v) is 10.1. The molecule has 6 aliphatic rings. The summed E-state index contributed by atoms with van der Waals surface area (Å²) in [5.41, 5.74) is 2.09. The Morgan fingerprint density at radius 2 is 1.97 bits per heavy atom. The monoisotopic (exact) mass is 474 g/mol. The quantitative estimate of drug-likeness (QED) is 0.682. The van der Waals surface area contributed by atoms with Crippen LogP contribution < -0.4 is 9.47 Å². The number of piperidine rings is 1. The summed E-state index contributed by atoms with van der Waals surface area (Å²) in [5, 5.41) is 0. The highest BCUT2D eigenvalue weighted by atomic mass is 16.7. The second-order valence-corrected chi connectivity index (χ2v) is 11.1. The van der Waals surface area contributed by atoms with Crippen molar-refractivity contribution >= 4 is 5.91 Å². The van der Waals surface area contributed by atoms with Crippen LogP contribution in [0.5, 0.6) is 11.5 Å². The number of nitrogens with zero attached hydrogens (tertiary/aromatic N) is 2. The van der Waals surface area contributed by atoms with Gasteiger partial charge in [0.25, 0.3) is 5.91 Å². The Balaban J connectivity index is 1.39. The van der Waals surface area contributed by atoms with E-state index in [1.54, 1.807) is 7.11 Å². The van der Waals surface area contributed by atoms with Crippen LogP contribution in [0.1, 0.15) is 36.0 Å². The van der Waals surface area contributed by atoms with E-state index in [-0.39, 0.29) is 30.1 Å². The van der Waals surface area contributed by atoms with Crippen molar-refractivity contribution in [2.45, 2.75) is 61.1 Å². The second-order valence-electron chi connectivity index (χ2n) is 11.1. The van der Waals surface area contributed by atoms with Gasteiger partial charge in [0.1, 0.15) is 6.10 Å². The minimum Gasteiger partial charge on any atom is -0.493 e. The molecule has 35 heavy (non-hydrogen) atoms. The van der Waals surface area contributed by atoms with Crippen molar-refractivity contribution in [3.8, 4) is 11.5 Å². The van der Waals surface area contributed by atoms with Gasteiger partial charge in [0.05, 0.1) is 18.6 Å². The fourth-order valence-electron chi connectivity index (χ4n) is 8.95. The van der Waals surface area contributed by atoms with Crippen molar-refractivity contribution in [2.75, 3.05) is 27.5 Å². The molecule has 3 saturated heterocycles. The highest BCUT2D eigenvalue weighted by Crippen LogP contribution is 2.74. The Hall–Kier alpha value is -2.61. The number of rotatable bonds is 3. The molecular weight excluding hydrogens is 444 g/mol. The smallest absolute Gasteiger partial charge is 0.254 e. The summed E-state index contributed by atoms with van der Waals surface area (Å²) in [4.78, 5) is 18.6. The van der Waals surface area contributed by atoms with E-state index in [0.29, 0.717) is 6.54 Å². The Morgan fingerprint density at radius 3 is 2.80 bits per heavy atom. The number of amides is 1. The fraction of sp³-hybridized carbons (Fsp3) is 0.536. The molecule has 6 atom stereocenters. The molecule has 1 saturated carbocycles. The molecule has 7 heteroatoms. The standard InChI is InChI=1S/C28H30N2O5/c1-29-13-12-26-21-18-8-9-19(32-2)22(21)33-16-34-28-11-10-27(26,20(29)14-18)35-23(24(26)28)25(31)30(28)15-17-6-4-3-5-7-17/h3-9,20,23-24H,10-16H2,1-2H3/t20?,23-,24?,26?,27?,28?/m0/s1. The summed E-state index contributed by atoms with van der Waals surface area (Å²) in [6.07, 6.45) is 2.93. The van der Waals surface area contributed by atoms with Gasteiger partial charge in [0.15, 0.2) is 24.0 Å². The van der Waals surface area contributed by atoms with Crippen molar-refractivity contribution in [1.82, 2.24) is 9.80 Å². The summed E-state index contributed by atoms with van der Waals surface area (Å²) < 4.78 is 26.0. The highest BCUT2D eigenvalue weighted by Gasteiger charge is 2.84. The molecule has 2 aromatic carbocycles. The van der Waals surface area contributed by atoms with Gasteiger partial charge >= 0.3 is 0 Å². The summed E-state index contributed by atoms with van der Waals surface area (Å²) >= 11 is 0. The zero-order valence-corrected chi connectivity index (χ0v) is 20.2. The largest absolute Gasteiger partial charge is 0.493 e. The summed E-state index contributed by atoms with van der Waals surface area (Å²) in [5.74, 6) is 1.49. The maximum absolute atomic E-state index is 14.2. The molecular formula is C28H30N2O5. The van der Waals surface area contributed by atoms with Gasteiger partial charge in [-0.2, -0.15) is 0 Å². The number of likely N-dealkylation sites (tertiary alicyclic amines) is 2. The highest BCUT2D eigenvalue weighted by molar-refractivity contribution is 5.87. The first-order valence-corrected chi connectivity index (χ1v) is 12.8. The average Bonchev–Trinajstić information content (AvgIpc) is 3.24. The van der Waals surface area contributed by atoms with Crippen LogP contribution in [-0.4, -0.2) is 66.7 Å². The molecule has 2 aromatic rings. The van der Waals surface area contributed by atoms with Crippen LogP contribution in [0.4, 0.5) is 0 Å². The van der Waals surface area contributed by atoms with E-state index in [2.05, 4.69) is 30.1 Å². The topological polar surface area (TPSA) is 60.5 Å². The van der Waals surface area contributed by atoms with Crippen LogP contribution in [-0.2, 0) is 32.6 Å².